The number of sulfonamides is 1. The summed E-state index contributed by atoms with van der Waals surface area (Å²) < 4.78 is 28.1. The molecular weight excluding hydrogens is 396 g/mol. The summed E-state index contributed by atoms with van der Waals surface area (Å²) in [6, 6.07) is 11.4. The van der Waals surface area contributed by atoms with Crippen LogP contribution in [-0.2, 0) is 16.6 Å². The monoisotopic (exact) mass is 424 g/mol. The van der Waals surface area contributed by atoms with Crippen LogP contribution in [0.15, 0.2) is 45.6 Å². The second-order valence-electron chi connectivity index (χ2n) is 6.35. The molecule has 0 aliphatic rings. The first-order valence-electron chi connectivity index (χ1n) is 9.11. The molecule has 0 saturated carbocycles. The van der Waals surface area contributed by atoms with Gasteiger partial charge in [-0.25, -0.2) is 18.5 Å². The molecule has 1 aromatic heterocycles. The van der Waals surface area contributed by atoms with Crippen LogP contribution in [0.25, 0.3) is 0 Å². The number of hydrogen-bond donors (Lipinski definition) is 3. The summed E-state index contributed by atoms with van der Waals surface area (Å²) in [4.78, 5) is 5.36. The van der Waals surface area contributed by atoms with Crippen molar-refractivity contribution in [2.45, 2.75) is 36.9 Å². The van der Waals surface area contributed by atoms with E-state index >= 15 is 0 Å². The zero-order valence-corrected chi connectivity index (χ0v) is 18.1. The molecule has 0 bridgehead atoms. The lowest BCUT2D eigenvalue weighted by atomic mass is 9.98. The summed E-state index contributed by atoms with van der Waals surface area (Å²) >= 11 is 1.14. The number of ether oxygens (including phenoxy) is 1. The Morgan fingerprint density at radius 2 is 1.93 bits per heavy atom. The number of nitrogens with two attached hydrogens (primary N) is 1. The molecule has 9 heteroatoms. The van der Waals surface area contributed by atoms with Crippen LogP contribution < -0.4 is 20.5 Å². The third-order valence-electron chi connectivity index (χ3n) is 4.21. The molecule has 0 aliphatic carbocycles. The van der Waals surface area contributed by atoms with Gasteiger partial charge in [-0.1, -0.05) is 19.1 Å². The molecule has 1 aromatic carbocycles. The first kappa shape index (κ1) is 22.2. The van der Waals surface area contributed by atoms with Gasteiger partial charge in [-0.3, -0.25) is 0 Å². The molecule has 28 heavy (non-hydrogen) atoms. The molecule has 154 valence electrons. The zero-order chi connectivity index (χ0) is 20.6. The van der Waals surface area contributed by atoms with Gasteiger partial charge in [0, 0.05) is 18.0 Å². The van der Waals surface area contributed by atoms with E-state index in [1.54, 1.807) is 13.2 Å². The molecule has 1 atom stereocenters. The summed E-state index contributed by atoms with van der Waals surface area (Å²) in [6.45, 7) is 6.09. The SMILES string of the molecule is CCNC(=NCc1ccc(S(N)(=O)=O)s1)NCCC(C)c1ccc(OC)cc1. The average Bonchev–Trinajstić information content (AvgIpc) is 3.15. The average molecular weight is 425 g/mol. The Hall–Kier alpha value is -2.10. The maximum atomic E-state index is 11.4. The number of guanidine groups is 1. The highest BCUT2D eigenvalue weighted by Gasteiger charge is 2.11. The molecule has 0 saturated heterocycles. The van der Waals surface area contributed by atoms with Crippen molar-refractivity contribution in [2.75, 3.05) is 20.2 Å². The highest BCUT2D eigenvalue weighted by Crippen LogP contribution is 2.22. The molecule has 1 unspecified atom stereocenters. The van der Waals surface area contributed by atoms with Crippen LogP contribution in [-0.4, -0.2) is 34.6 Å². The standard InChI is InChI=1S/C19H28N4O3S2/c1-4-21-19(23-13-17-9-10-18(27-17)28(20,24)25)22-12-11-14(2)15-5-7-16(26-3)8-6-15/h5-10,14H,4,11-13H2,1-3H3,(H2,20,24,25)(H2,21,22,23). The Morgan fingerprint density at radius 1 is 1.21 bits per heavy atom. The van der Waals surface area contributed by atoms with Crippen LogP contribution in [0.2, 0.25) is 0 Å². The Balaban J connectivity index is 1.89. The Morgan fingerprint density at radius 3 is 2.50 bits per heavy atom. The summed E-state index contributed by atoms with van der Waals surface area (Å²) in [5.74, 6) is 1.96. The summed E-state index contributed by atoms with van der Waals surface area (Å²) in [5.41, 5.74) is 1.26. The van der Waals surface area contributed by atoms with Gasteiger partial charge in [-0.05, 0) is 49.1 Å². The number of primary sulfonamides is 1. The number of aliphatic imine (C=N–C) groups is 1. The second kappa shape index (κ2) is 10.4. The number of nitrogens with zero attached hydrogens (tertiary/aromatic N) is 1. The number of nitrogens with one attached hydrogen (secondary N) is 2. The lowest BCUT2D eigenvalue weighted by Crippen LogP contribution is -2.38. The van der Waals surface area contributed by atoms with Gasteiger partial charge in [0.15, 0.2) is 5.96 Å². The number of thiophene rings is 1. The van der Waals surface area contributed by atoms with Crippen LogP contribution in [0, 0.1) is 0 Å². The molecule has 1 heterocycles. The van der Waals surface area contributed by atoms with Crippen molar-refractivity contribution in [3.05, 3.63) is 46.8 Å². The minimum absolute atomic E-state index is 0.156. The fourth-order valence-electron chi connectivity index (χ4n) is 2.60. The van der Waals surface area contributed by atoms with E-state index in [4.69, 9.17) is 9.88 Å². The summed E-state index contributed by atoms with van der Waals surface area (Å²) in [5, 5.41) is 11.7. The first-order chi connectivity index (χ1) is 13.3. The Kier molecular flexibility index (Phi) is 8.28. The van der Waals surface area contributed by atoms with Crippen LogP contribution in [0.3, 0.4) is 0 Å². The van der Waals surface area contributed by atoms with Gasteiger partial charge in [0.2, 0.25) is 10.0 Å². The van der Waals surface area contributed by atoms with E-state index < -0.39 is 10.0 Å². The summed E-state index contributed by atoms with van der Waals surface area (Å²) in [7, 11) is -1.99. The first-order valence-corrected chi connectivity index (χ1v) is 11.5. The van der Waals surface area contributed by atoms with Gasteiger partial charge in [0.1, 0.15) is 9.96 Å². The van der Waals surface area contributed by atoms with Gasteiger partial charge < -0.3 is 15.4 Å². The topological polar surface area (TPSA) is 106 Å². The summed E-state index contributed by atoms with van der Waals surface area (Å²) in [6.07, 6.45) is 0.950. The van der Waals surface area contributed by atoms with Gasteiger partial charge in [0.05, 0.1) is 13.7 Å². The highest BCUT2D eigenvalue weighted by molar-refractivity contribution is 7.91. The zero-order valence-electron chi connectivity index (χ0n) is 16.4. The predicted octanol–water partition coefficient (Wildman–Crippen LogP) is 2.65. The quantitative estimate of drug-likeness (QED) is 0.424. The van der Waals surface area contributed by atoms with Gasteiger partial charge in [-0.2, -0.15) is 0 Å². The van der Waals surface area contributed by atoms with Gasteiger partial charge in [-0.15, -0.1) is 11.3 Å². The smallest absolute Gasteiger partial charge is 0.247 e. The lowest BCUT2D eigenvalue weighted by molar-refractivity contribution is 0.414. The Labute approximate surface area is 171 Å². The van der Waals surface area contributed by atoms with Gasteiger partial charge in [0.25, 0.3) is 0 Å². The molecule has 2 rings (SSSR count). The van der Waals surface area contributed by atoms with E-state index in [1.807, 2.05) is 19.1 Å². The van der Waals surface area contributed by atoms with E-state index in [-0.39, 0.29) is 4.21 Å². The fourth-order valence-corrected chi connectivity index (χ4v) is 4.30. The van der Waals surface area contributed by atoms with E-state index in [0.717, 1.165) is 41.5 Å². The van der Waals surface area contributed by atoms with Crippen molar-refractivity contribution in [3.63, 3.8) is 0 Å². The van der Waals surface area contributed by atoms with Crippen molar-refractivity contribution in [1.82, 2.24) is 10.6 Å². The minimum Gasteiger partial charge on any atom is -0.497 e. The van der Waals surface area contributed by atoms with Gasteiger partial charge >= 0.3 is 0 Å². The van der Waals surface area contributed by atoms with Crippen LogP contribution in [0.5, 0.6) is 5.75 Å². The third kappa shape index (κ3) is 6.81. The number of benzene rings is 1. The molecule has 2 aromatic rings. The largest absolute Gasteiger partial charge is 0.497 e. The fraction of sp³-hybridized carbons (Fsp3) is 0.421. The van der Waals surface area contributed by atoms with Crippen LogP contribution in [0.1, 0.15) is 36.6 Å². The predicted molar refractivity (Wildman–Crippen MR) is 115 cm³/mol. The maximum Gasteiger partial charge on any atom is 0.247 e. The van der Waals surface area contributed by atoms with E-state index in [1.165, 1.54) is 11.6 Å². The highest BCUT2D eigenvalue weighted by atomic mass is 32.2. The van der Waals surface area contributed by atoms with Crippen molar-refractivity contribution in [2.24, 2.45) is 10.1 Å². The normalized spacial score (nSPS) is 13.2. The molecule has 0 radical (unpaired) electrons. The van der Waals surface area contributed by atoms with Crippen LogP contribution in [0.4, 0.5) is 0 Å². The molecule has 0 amide bonds. The third-order valence-corrected chi connectivity index (χ3v) is 6.72. The molecule has 7 nitrogen and oxygen atoms in total. The van der Waals surface area contributed by atoms with Crippen molar-refractivity contribution < 1.29 is 13.2 Å². The van der Waals surface area contributed by atoms with Crippen molar-refractivity contribution in [3.8, 4) is 5.75 Å². The molecule has 0 spiro atoms. The molecule has 4 N–H and O–H groups in total. The number of rotatable bonds is 9. The minimum atomic E-state index is -3.65. The molecule has 0 aliphatic heterocycles. The van der Waals surface area contributed by atoms with Crippen LogP contribution >= 0.6 is 11.3 Å². The number of methoxy groups -OCH3 is 1. The molecular formula is C19H28N4O3S2. The lowest BCUT2D eigenvalue weighted by Gasteiger charge is -2.15. The van der Waals surface area contributed by atoms with E-state index in [0.29, 0.717) is 18.4 Å². The molecule has 0 fully saturated rings. The van der Waals surface area contributed by atoms with E-state index in [2.05, 4.69) is 34.7 Å². The maximum absolute atomic E-state index is 11.4. The van der Waals surface area contributed by atoms with E-state index in [9.17, 15) is 8.42 Å². The van der Waals surface area contributed by atoms with Crippen molar-refractivity contribution in [1.29, 1.82) is 0 Å². The van der Waals surface area contributed by atoms with Crippen molar-refractivity contribution >= 4 is 27.3 Å². The Bertz CT molecular complexity index is 877. The number of hydrogen-bond acceptors (Lipinski definition) is 5. The second-order valence-corrected chi connectivity index (χ2v) is 9.31.